The fraction of sp³-hybridized carbons (Fsp3) is 0.176. The van der Waals surface area contributed by atoms with E-state index in [4.69, 9.17) is 4.74 Å². The van der Waals surface area contributed by atoms with Gasteiger partial charge in [-0.05, 0) is 48.4 Å². The number of anilines is 1. The summed E-state index contributed by atoms with van der Waals surface area (Å²) in [5, 5.41) is 14.0. The van der Waals surface area contributed by atoms with Crippen LogP contribution in [0.5, 0.6) is 5.75 Å². The Labute approximate surface area is 138 Å². The molecule has 0 saturated heterocycles. The Morgan fingerprint density at radius 2 is 1.92 bits per heavy atom. The zero-order valence-corrected chi connectivity index (χ0v) is 13.6. The molecule has 0 spiro atoms. The predicted octanol–water partition coefficient (Wildman–Crippen LogP) is 2.47. The van der Waals surface area contributed by atoms with Crippen LogP contribution in [0, 0.1) is 6.92 Å². The maximum atomic E-state index is 11.5. The molecule has 3 aromatic rings. The van der Waals surface area contributed by atoms with Crippen molar-refractivity contribution < 1.29 is 4.74 Å². The average molecular weight is 323 g/mol. The molecule has 0 aliphatic carbocycles. The number of ether oxygens (including phenoxy) is 1. The third-order valence-corrected chi connectivity index (χ3v) is 3.66. The maximum Gasteiger partial charge on any atom is 0.274 e. The van der Waals surface area contributed by atoms with Crippen LogP contribution >= 0.6 is 0 Å². The van der Waals surface area contributed by atoms with Gasteiger partial charge in [-0.2, -0.15) is 5.10 Å². The molecule has 2 N–H and O–H groups in total. The third kappa shape index (κ3) is 3.24. The van der Waals surface area contributed by atoms with Crippen molar-refractivity contribution in [2.45, 2.75) is 13.8 Å². The van der Waals surface area contributed by atoms with Gasteiger partial charge in [-0.25, -0.2) is 5.43 Å². The summed E-state index contributed by atoms with van der Waals surface area (Å²) in [6.45, 7) is 3.46. The molecule has 0 aliphatic heterocycles. The van der Waals surface area contributed by atoms with Crippen molar-refractivity contribution in [1.29, 1.82) is 0 Å². The molecule has 0 atom stereocenters. The van der Waals surface area contributed by atoms with E-state index < -0.39 is 0 Å². The van der Waals surface area contributed by atoms with E-state index >= 15 is 0 Å². The van der Waals surface area contributed by atoms with Gasteiger partial charge in [-0.15, -0.1) is 10.2 Å². The van der Waals surface area contributed by atoms with Crippen LogP contribution in [0.15, 0.2) is 46.3 Å². The molecule has 1 aromatic heterocycles. The molecular weight excluding hydrogens is 306 g/mol. The maximum absolute atomic E-state index is 11.5. The Bertz CT molecular complexity index is 978. The van der Waals surface area contributed by atoms with Crippen molar-refractivity contribution >= 4 is 22.4 Å². The Hall–Kier alpha value is -3.22. The number of nitrogens with zero attached hydrogens (tertiary/aromatic N) is 3. The summed E-state index contributed by atoms with van der Waals surface area (Å²) < 4.78 is 5.23. The summed E-state index contributed by atoms with van der Waals surface area (Å²) in [7, 11) is 1.65. The van der Waals surface area contributed by atoms with E-state index in [1.54, 1.807) is 14.0 Å². The number of aromatic nitrogens is 3. The Balaban J connectivity index is 1.85. The number of hydrogen-bond donors (Lipinski definition) is 2. The first-order chi connectivity index (χ1) is 11.6. The van der Waals surface area contributed by atoms with Gasteiger partial charge >= 0.3 is 0 Å². The first-order valence-corrected chi connectivity index (χ1v) is 7.39. The standard InChI is InChI=1S/C17H17N5O2/c1-10(19-21-17-18-16(23)11(2)20-22-17)12-4-5-14-9-15(24-3)7-6-13(14)8-12/h4-9H,1-3H3,(H2,18,21,22,23)/b19-10-. The normalized spacial score (nSPS) is 11.5. The zero-order valence-electron chi connectivity index (χ0n) is 13.6. The van der Waals surface area contributed by atoms with Gasteiger partial charge in [-0.1, -0.05) is 18.2 Å². The SMILES string of the molecule is COc1ccc2cc(/C(C)=N\Nc3nnc(C)c(=O)[nH]3)ccc2c1. The summed E-state index contributed by atoms with van der Waals surface area (Å²) in [6, 6.07) is 11.9. The molecule has 3 rings (SSSR count). The highest BCUT2D eigenvalue weighted by atomic mass is 16.5. The number of hydrogen-bond acceptors (Lipinski definition) is 6. The molecule has 0 radical (unpaired) electrons. The minimum absolute atomic E-state index is 0.204. The Morgan fingerprint density at radius 1 is 1.17 bits per heavy atom. The second-order valence-electron chi connectivity index (χ2n) is 5.33. The lowest BCUT2D eigenvalue weighted by molar-refractivity contribution is 0.415. The molecule has 0 amide bonds. The van der Waals surface area contributed by atoms with E-state index in [0.717, 1.165) is 27.8 Å². The molecule has 0 bridgehead atoms. The van der Waals surface area contributed by atoms with Crippen LogP contribution in [0.25, 0.3) is 10.8 Å². The summed E-state index contributed by atoms with van der Waals surface area (Å²) in [5.41, 5.74) is 4.46. The van der Waals surface area contributed by atoms with Crippen LogP contribution in [-0.4, -0.2) is 28.0 Å². The van der Waals surface area contributed by atoms with E-state index in [2.05, 4.69) is 25.7 Å². The van der Waals surface area contributed by atoms with Crippen molar-refractivity contribution in [2.24, 2.45) is 5.10 Å². The molecule has 7 nitrogen and oxygen atoms in total. The summed E-state index contributed by atoms with van der Waals surface area (Å²) in [5.74, 6) is 1.03. The van der Waals surface area contributed by atoms with Gasteiger partial charge in [-0.3, -0.25) is 9.78 Å². The molecule has 122 valence electrons. The van der Waals surface area contributed by atoms with E-state index in [-0.39, 0.29) is 11.5 Å². The molecule has 7 heteroatoms. The number of aryl methyl sites for hydroxylation is 1. The van der Waals surface area contributed by atoms with Crippen molar-refractivity contribution in [3.8, 4) is 5.75 Å². The molecule has 0 fully saturated rings. The van der Waals surface area contributed by atoms with Gasteiger partial charge in [0.1, 0.15) is 11.4 Å². The monoisotopic (exact) mass is 323 g/mol. The first kappa shape index (κ1) is 15.7. The number of fused-ring (bicyclic) bond motifs is 1. The molecular formula is C17H17N5O2. The number of hydrazone groups is 1. The Kier molecular flexibility index (Phi) is 4.24. The van der Waals surface area contributed by atoms with E-state index in [0.29, 0.717) is 5.69 Å². The third-order valence-electron chi connectivity index (χ3n) is 3.66. The highest BCUT2D eigenvalue weighted by molar-refractivity contribution is 6.02. The number of H-pyrrole nitrogens is 1. The largest absolute Gasteiger partial charge is 0.497 e. The number of aromatic amines is 1. The molecule has 24 heavy (non-hydrogen) atoms. The summed E-state index contributed by atoms with van der Waals surface area (Å²) >= 11 is 0. The highest BCUT2D eigenvalue weighted by Crippen LogP contribution is 2.22. The van der Waals surface area contributed by atoms with E-state index in [1.807, 2.05) is 43.3 Å². The second kappa shape index (κ2) is 6.49. The zero-order chi connectivity index (χ0) is 17.1. The van der Waals surface area contributed by atoms with Gasteiger partial charge in [0.15, 0.2) is 0 Å². The van der Waals surface area contributed by atoms with Gasteiger partial charge < -0.3 is 4.74 Å². The van der Waals surface area contributed by atoms with Crippen LogP contribution in [0.3, 0.4) is 0 Å². The quantitative estimate of drug-likeness (QED) is 0.568. The van der Waals surface area contributed by atoms with E-state index in [1.165, 1.54) is 0 Å². The summed E-state index contributed by atoms with van der Waals surface area (Å²) in [4.78, 5) is 14.1. The van der Waals surface area contributed by atoms with Crippen LogP contribution in [0.1, 0.15) is 18.2 Å². The van der Waals surface area contributed by atoms with Gasteiger partial charge in [0.05, 0.1) is 12.8 Å². The molecule has 2 aromatic carbocycles. The minimum atomic E-state index is -0.292. The number of benzene rings is 2. The lowest BCUT2D eigenvalue weighted by Gasteiger charge is -2.06. The molecule has 0 saturated carbocycles. The summed E-state index contributed by atoms with van der Waals surface area (Å²) in [6.07, 6.45) is 0. The first-order valence-electron chi connectivity index (χ1n) is 7.39. The fourth-order valence-corrected chi connectivity index (χ4v) is 2.22. The van der Waals surface area contributed by atoms with Crippen molar-refractivity contribution in [3.63, 3.8) is 0 Å². The van der Waals surface area contributed by atoms with Crippen LogP contribution in [0.2, 0.25) is 0 Å². The Morgan fingerprint density at radius 3 is 2.67 bits per heavy atom. The topological polar surface area (TPSA) is 92.3 Å². The smallest absolute Gasteiger partial charge is 0.274 e. The van der Waals surface area contributed by atoms with Crippen molar-refractivity contribution in [2.75, 3.05) is 12.5 Å². The van der Waals surface area contributed by atoms with Crippen LogP contribution in [-0.2, 0) is 0 Å². The van der Waals surface area contributed by atoms with Gasteiger partial charge in [0.2, 0.25) is 5.95 Å². The molecule has 0 aliphatic rings. The average Bonchev–Trinajstić information content (AvgIpc) is 2.61. The van der Waals surface area contributed by atoms with Crippen LogP contribution < -0.4 is 15.7 Å². The number of nitrogens with one attached hydrogen (secondary N) is 2. The minimum Gasteiger partial charge on any atom is -0.497 e. The number of rotatable bonds is 4. The lowest BCUT2D eigenvalue weighted by Crippen LogP contribution is -2.16. The van der Waals surface area contributed by atoms with Crippen molar-refractivity contribution in [3.05, 3.63) is 58.0 Å². The molecule has 0 unspecified atom stereocenters. The van der Waals surface area contributed by atoms with Gasteiger partial charge in [0, 0.05) is 0 Å². The van der Waals surface area contributed by atoms with Gasteiger partial charge in [0.25, 0.3) is 5.56 Å². The van der Waals surface area contributed by atoms with Crippen molar-refractivity contribution in [1.82, 2.24) is 15.2 Å². The second-order valence-corrected chi connectivity index (χ2v) is 5.33. The van der Waals surface area contributed by atoms with Crippen LogP contribution in [0.4, 0.5) is 5.95 Å². The van der Waals surface area contributed by atoms with E-state index in [9.17, 15) is 4.79 Å². The number of methoxy groups -OCH3 is 1. The molecule has 1 heterocycles. The fourth-order valence-electron chi connectivity index (χ4n) is 2.22. The predicted molar refractivity (Wildman–Crippen MR) is 93.7 cm³/mol. The lowest BCUT2D eigenvalue weighted by atomic mass is 10.0. The highest BCUT2D eigenvalue weighted by Gasteiger charge is 2.03.